The molecule has 0 unspecified atom stereocenters. The minimum atomic E-state index is -0.209. The zero-order valence-corrected chi connectivity index (χ0v) is 15.7. The second-order valence-corrected chi connectivity index (χ2v) is 6.84. The summed E-state index contributed by atoms with van der Waals surface area (Å²) in [5.41, 5.74) is 2.04. The second-order valence-electron chi connectivity index (χ2n) is 6.84. The Bertz CT molecular complexity index is 718. The van der Waals surface area contributed by atoms with E-state index in [0.717, 1.165) is 49.5 Å². The molecule has 5 nitrogen and oxygen atoms in total. The highest BCUT2D eigenvalue weighted by molar-refractivity contribution is 5.83. The summed E-state index contributed by atoms with van der Waals surface area (Å²) in [5.74, 6) is 0.662. The monoisotopic (exact) mass is 359 g/mol. The molecule has 0 aliphatic carbocycles. The van der Waals surface area contributed by atoms with Crippen LogP contribution >= 0.6 is 0 Å². The molecule has 1 aromatic heterocycles. The summed E-state index contributed by atoms with van der Waals surface area (Å²) in [6.07, 6.45) is 6.83. The summed E-state index contributed by atoms with van der Waals surface area (Å²) >= 11 is 0. The maximum atomic E-state index is 13.3. The van der Waals surface area contributed by atoms with Crippen molar-refractivity contribution in [2.75, 3.05) is 39.3 Å². The SMILES string of the molecule is CCNC(=NCCN1CCCCC1)NCCc1c[nH]c2cc(F)ccc12. The van der Waals surface area contributed by atoms with E-state index in [4.69, 9.17) is 4.99 Å². The van der Waals surface area contributed by atoms with Crippen LogP contribution in [0.3, 0.4) is 0 Å². The van der Waals surface area contributed by atoms with E-state index in [-0.39, 0.29) is 5.82 Å². The van der Waals surface area contributed by atoms with Gasteiger partial charge < -0.3 is 20.5 Å². The molecule has 1 aliphatic rings. The molecule has 1 aliphatic heterocycles. The van der Waals surface area contributed by atoms with Crippen LogP contribution in [0, 0.1) is 5.82 Å². The van der Waals surface area contributed by atoms with E-state index >= 15 is 0 Å². The van der Waals surface area contributed by atoms with Crippen LogP contribution in [0.25, 0.3) is 10.9 Å². The Morgan fingerprint density at radius 1 is 1.23 bits per heavy atom. The summed E-state index contributed by atoms with van der Waals surface area (Å²) in [6.45, 7) is 7.99. The lowest BCUT2D eigenvalue weighted by atomic mass is 10.1. The summed E-state index contributed by atoms with van der Waals surface area (Å²) in [7, 11) is 0. The number of aliphatic imine (C=N–C) groups is 1. The molecule has 0 saturated carbocycles. The molecular weight excluding hydrogens is 329 g/mol. The molecule has 3 N–H and O–H groups in total. The number of hydrogen-bond acceptors (Lipinski definition) is 2. The minimum Gasteiger partial charge on any atom is -0.361 e. The quantitative estimate of drug-likeness (QED) is 0.526. The normalized spacial score (nSPS) is 16.2. The van der Waals surface area contributed by atoms with Crippen molar-refractivity contribution in [1.82, 2.24) is 20.5 Å². The first kappa shape index (κ1) is 18.7. The molecule has 3 rings (SSSR count). The van der Waals surface area contributed by atoms with Crippen LogP contribution in [-0.4, -0.2) is 55.1 Å². The maximum absolute atomic E-state index is 13.3. The van der Waals surface area contributed by atoms with Gasteiger partial charge in [-0.15, -0.1) is 0 Å². The lowest BCUT2D eigenvalue weighted by Crippen LogP contribution is -2.39. The summed E-state index contributed by atoms with van der Waals surface area (Å²) in [5, 5.41) is 7.80. The van der Waals surface area contributed by atoms with Gasteiger partial charge in [0.15, 0.2) is 5.96 Å². The van der Waals surface area contributed by atoms with E-state index in [1.807, 2.05) is 12.3 Å². The standard InChI is InChI=1S/C20H30FN5/c1-2-22-20(24-10-13-26-11-4-3-5-12-26)23-9-8-16-15-25-19-14-17(21)6-7-18(16)19/h6-7,14-15,25H,2-5,8-13H2,1H3,(H2,22,23,24). The Morgan fingerprint density at radius 3 is 2.88 bits per heavy atom. The molecule has 1 saturated heterocycles. The van der Waals surface area contributed by atoms with Crippen LogP contribution in [0.2, 0.25) is 0 Å². The highest BCUT2D eigenvalue weighted by Gasteiger charge is 2.09. The summed E-state index contributed by atoms with van der Waals surface area (Å²) < 4.78 is 13.3. The van der Waals surface area contributed by atoms with Crippen LogP contribution in [0.15, 0.2) is 29.4 Å². The highest BCUT2D eigenvalue weighted by Crippen LogP contribution is 2.19. The van der Waals surface area contributed by atoms with Crippen molar-refractivity contribution in [1.29, 1.82) is 0 Å². The van der Waals surface area contributed by atoms with Gasteiger partial charge in [0, 0.05) is 36.7 Å². The molecule has 0 amide bonds. The van der Waals surface area contributed by atoms with Crippen LogP contribution < -0.4 is 10.6 Å². The average molecular weight is 359 g/mol. The number of aromatic nitrogens is 1. The van der Waals surface area contributed by atoms with Crippen molar-refractivity contribution in [2.24, 2.45) is 4.99 Å². The van der Waals surface area contributed by atoms with Gasteiger partial charge in [-0.2, -0.15) is 0 Å². The largest absolute Gasteiger partial charge is 0.361 e. The predicted molar refractivity (Wildman–Crippen MR) is 106 cm³/mol. The Labute approximate surface area is 155 Å². The van der Waals surface area contributed by atoms with Crippen LogP contribution in [0.4, 0.5) is 4.39 Å². The van der Waals surface area contributed by atoms with Gasteiger partial charge in [-0.05, 0) is 63.0 Å². The fourth-order valence-electron chi connectivity index (χ4n) is 3.51. The molecule has 1 fully saturated rings. The van der Waals surface area contributed by atoms with E-state index in [0.29, 0.717) is 0 Å². The van der Waals surface area contributed by atoms with Crippen molar-refractivity contribution in [3.8, 4) is 0 Å². The third-order valence-electron chi connectivity index (χ3n) is 4.90. The molecule has 0 atom stereocenters. The van der Waals surface area contributed by atoms with Gasteiger partial charge in [-0.25, -0.2) is 4.39 Å². The van der Waals surface area contributed by atoms with Crippen LogP contribution in [0.1, 0.15) is 31.7 Å². The molecule has 26 heavy (non-hydrogen) atoms. The number of nitrogens with zero attached hydrogens (tertiary/aromatic N) is 2. The first-order valence-electron chi connectivity index (χ1n) is 9.76. The molecule has 0 bridgehead atoms. The average Bonchev–Trinajstić information content (AvgIpc) is 3.04. The number of benzene rings is 1. The zero-order chi connectivity index (χ0) is 18.2. The van der Waals surface area contributed by atoms with Crippen molar-refractivity contribution in [3.05, 3.63) is 35.8 Å². The van der Waals surface area contributed by atoms with Gasteiger partial charge in [0.25, 0.3) is 0 Å². The molecular formula is C20H30FN5. The third-order valence-corrected chi connectivity index (χ3v) is 4.90. The number of fused-ring (bicyclic) bond motifs is 1. The van der Waals surface area contributed by atoms with Crippen molar-refractivity contribution < 1.29 is 4.39 Å². The fraction of sp³-hybridized carbons (Fsp3) is 0.550. The first-order valence-corrected chi connectivity index (χ1v) is 9.76. The zero-order valence-electron chi connectivity index (χ0n) is 15.7. The van der Waals surface area contributed by atoms with Gasteiger partial charge in [0.2, 0.25) is 0 Å². The van der Waals surface area contributed by atoms with E-state index < -0.39 is 0 Å². The van der Waals surface area contributed by atoms with Gasteiger partial charge in [0.05, 0.1) is 6.54 Å². The second kappa shape index (κ2) is 9.57. The molecule has 2 aromatic rings. The smallest absolute Gasteiger partial charge is 0.191 e. The van der Waals surface area contributed by atoms with Crippen molar-refractivity contribution >= 4 is 16.9 Å². The van der Waals surface area contributed by atoms with Gasteiger partial charge in [-0.3, -0.25) is 4.99 Å². The minimum absolute atomic E-state index is 0.209. The molecule has 2 heterocycles. The van der Waals surface area contributed by atoms with Crippen LogP contribution in [0.5, 0.6) is 0 Å². The number of nitrogens with one attached hydrogen (secondary N) is 3. The number of halogens is 1. The topological polar surface area (TPSA) is 55.5 Å². The maximum Gasteiger partial charge on any atom is 0.191 e. The summed E-state index contributed by atoms with van der Waals surface area (Å²) in [4.78, 5) is 10.3. The van der Waals surface area contributed by atoms with Crippen molar-refractivity contribution in [2.45, 2.75) is 32.6 Å². The number of rotatable bonds is 7. The van der Waals surface area contributed by atoms with E-state index in [1.165, 1.54) is 44.0 Å². The number of hydrogen-bond donors (Lipinski definition) is 3. The van der Waals surface area contributed by atoms with Gasteiger partial charge in [0.1, 0.15) is 5.82 Å². The molecule has 1 aromatic carbocycles. The molecule has 142 valence electrons. The first-order chi connectivity index (χ1) is 12.8. The Morgan fingerprint density at radius 2 is 2.08 bits per heavy atom. The van der Waals surface area contributed by atoms with Gasteiger partial charge in [-0.1, -0.05) is 6.42 Å². The van der Waals surface area contributed by atoms with E-state index in [9.17, 15) is 4.39 Å². The summed E-state index contributed by atoms with van der Waals surface area (Å²) in [6, 6.07) is 4.89. The third kappa shape index (κ3) is 5.21. The lowest BCUT2D eigenvalue weighted by molar-refractivity contribution is 0.235. The number of guanidine groups is 1. The molecule has 0 radical (unpaired) electrons. The number of piperidine rings is 1. The Hall–Kier alpha value is -2.08. The highest BCUT2D eigenvalue weighted by atomic mass is 19.1. The fourth-order valence-corrected chi connectivity index (χ4v) is 3.51. The number of aromatic amines is 1. The Balaban J connectivity index is 1.48. The predicted octanol–water partition coefficient (Wildman–Crippen LogP) is 2.89. The Kier molecular flexibility index (Phi) is 6.89. The van der Waals surface area contributed by atoms with Gasteiger partial charge >= 0.3 is 0 Å². The van der Waals surface area contributed by atoms with E-state index in [1.54, 1.807) is 6.07 Å². The van der Waals surface area contributed by atoms with Crippen LogP contribution in [-0.2, 0) is 6.42 Å². The van der Waals surface area contributed by atoms with Crippen molar-refractivity contribution in [3.63, 3.8) is 0 Å². The number of likely N-dealkylation sites (tertiary alicyclic amines) is 1. The lowest BCUT2D eigenvalue weighted by Gasteiger charge is -2.25. The molecule has 0 spiro atoms. The molecule has 6 heteroatoms. The van der Waals surface area contributed by atoms with E-state index in [2.05, 4.69) is 27.4 Å². The number of H-pyrrole nitrogens is 1.